The van der Waals surface area contributed by atoms with Gasteiger partial charge in [-0.1, -0.05) is 182 Å². The highest BCUT2D eigenvalue weighted by Crippen LogP contribution is 2.55. The second-order valence-corrected chi connectivity index (χ2v) is 14.3. The minimum atomic E-state index is 0.933. The van der Waals surface area contributed by atoms with Gasteiger partial charge in [-0.3, -0.25) is 0 Å². The Labute approximate surface area is 304 Å². The third-order valence-electron chi connectivity index (χ3n) is 11.4. The van der Waals surface area contributed by atoms with Gasteiger partial charge in [0.15, 0.2) is 0 Å². The van der Waals surface area contributed by atoms with Crippen molar-refractivity contribution < 1.29 is 0 Å². The molecule has 9 aromatic carbocycles. The van der Waals surface area contributed by atoms with Gasteiger partial charge in [-0.2, -0.15) is 0 Å². The Hall–Kier alpha value is -6.50. The topological polar surface area (TPSA) is 0 Å². The molecule has 0 fully saturated rings. The summed E-state index contributed by atoms with van der Waals surface area (Å²) in [5.74, 6) is 0. The third kappa shape index (κ3) is 4.34. The smallest absolute Gasteiger partial charge is 0.00128 e. The summed E-state index contributed by atoms with van der Waals surface area (Å²) < 4.78 is 0. The van der Waals surface area contributed by atoms with Crippen molar-refractivity contribution in [3.8, 4) is 66.8 Å². The van der Waals surface area contributed by atoms with E-state index in [2.05, 4.69) is 182 Å². The quantitative estimate of drug-likeness (QED) is 0.165. The molecule has 0 radical (unpaired) electrons. The molecule has 0 saturated carbocycles. The predicted octanol–water partition coefficient (Wildman–Crippen LogP) is 13.8. The lowest BCUT2D eigenvalue weighted by molar-refractivity contribution is 1.27. The minimum absolute atomic E-state index is 0.933. The maximum atomic E-state index is 2.50. The summed E-state index contributed by atoms with van der Waals surface area (Å²) in [6.45, 7) is 0. The van der Waals surface area contributed by atoms with Crippen LogP contribution in [-0.2, 0) is 12.8 Å². The molecule has 0 amide bonds. The molecule has 0 N–H and O–H groups in total. The first-order valence-corrected chi connectivity index (χ1v) is 18.4. The minimum Gasteiger partial charge on any atom is -0.0622 e. The molecule has 0 saturated heterocycles. The van der Waals surface area contributed by atoms with Gasteiger partial charge in [0.25, 0.3) is 0 Å². The Kier molecular flexibility index (Phi) is 6.48. The number of hydrogen-bond acceptors (Lipinski definition) is 0. The van der Waals surface area contributed by atoms with Crippen molar-refractivity contribution in [2.45, 2.75) is 12.8 Å². The summed E-state index contributed by atoms with van der Waals surface area (Å²) in [5, 5.41) is 5.27. The Morgan fingerprint density at radius 1 is 0.250 bits per heavy atom. The fourth-order valence-corrected chi connectivity index (χ4v) is 9.35. The first-order valence-electron chi connectivity index (χ1n) is 18.4. The van der Waals surface area contributed by atoms with Crippen molar-refractivity contribution >= 4 is 21.5 Å². The van der Waals surface area contributed by atoms with Crippen LogP contribution in [0.2, 0.25) is 0 Å². The Morgan fingerprint density at radius 3 is 1.00 bits per heavy atom. The van der Waals surface area contributed by atoms with E-state index in [9.17, 15) is 0 Å². The average molecular weight is 659 g/mol. The van der Waals surface area contributed by atoms with Crippen molar-refractivity contribution in [2.24, 2.45) is 0 Å². The van der Waals surface area contributed by atoms with Crippen molar-refractivity contribution in [2.75, 3.05) is 0 Å². The first-order chi connectivity index (χ1) is 25.8. The molecule has 0 aliphatic heterocycles. The highest BCUT2D eigenvalue weighted by Gasteiger charge is 2.31. The second kappa shape index (κ2) is 11.5. The first kappa shape index (κ1) is 29.3. The van der Waals surface area contributed by atoms with Gasteiger partial charge < -0.3 is 0 Å². The molecule has 2 aliphatic rings. The lowest BCUT2D eigenvalue weighted by Crippen LogP contribution is -1.96. The lowest BCUT2D eigenvalue weighted by atomic mass is 9.81. The molecule has 0 bridgehead atoms. The normalized spacial score (nSPS) is 12.5. The molecule has 0 aromatic heterocycles. The number of rotatable bonds is 4. The van der Waals surface area contributed by atoms with Crippen LogP contribution in [0, 0.1) is 0 Å². The van der Waals surface area contributed by atoms with Gasteiger partial charge in [-0.05, 0) is 123 Å². The fourth-order valence-electron chi connectivity index (χ4n) is 9.35. The van der Waals surface area contributed by atoms with E-state index in [1.807, 2.05) is 0 Å². The number of fused-ring (bicyclic) bond motifs is 9. The van der Waals surface area contributed by atoms with E-state index in [1.165, 1.54) is 111 Å². The van der Waals surface area contributed by atoms with E-state index in [-0.39, 0.29) is 0 Å². The zero-order valence-corrected chi connectivity index (χ0v) is 28.7. The molecule has 2 aliphatic carbocycles. The Morgan fingerprint density at radius 2 is 0.615 bits per heavy atom. The van der Waals surface area contributed by atoms with Gasteiger partial charge in [0.1, 0.15) is 0 Å². The largest absolute Gasteiger partial charge is 0.0622 e. The standard InChI is InChI=1S/C52H34/c1-5-15-33(16-6-1)43-25-13-23-37-29-41-31-39-27-28-40-32-42-30-38-24-14-26-44(34-17-7-2-8-18-34)46(38)52(42)48(36-21-11-4-12-22-36)50(40)49(39)47(51(41)45(37)43)35-19-9-3-10-20-35/h1-28,31-32H,29-30H2. The monoisotopic (exact) mass is 658 g/mol. The van der Waals surface area contributed by atoms with Gasteiger partial charge in [0.05, 0.1) is 0 Å². The maximum Gasteiger partial charge on any atom is -0.00128 e. The van der Waals surface area contributed by atoms with E-state index < -0.39 is 0 Å². The summed E-state index contributed by atoms with van der Waals surface area (Å²) in [6, 6.07) is 67.7. The van der Waals surface area contributed by atoms with Gasteiger partial charge in [0.2, 0.25) is 0 Å². The van der Waals surface area contributed by atoms with E-state index in [1.54, 1.807) is 0 Å². The molecule has 0 unspecified atom stereocenters. The molecular formula is C52H34. The van der Waals surface area contributed by atoms with Crippen molar-refractivity contribution in [3.63, 3.8) is 0 Å². The van der Waals surface area contributed by atoms with Crippen LogP contribution in [0.25, 0.3) is 88.3 Å². The van der Waals surface area contributed by atoms with Crippen molar-refractivity contribution in [3.05, 3.63) is 204 Å². The fraction of sp³-hybridized carbons (Fsp3) is 0.0385. The third-order valence-corrected chi connectivity index (χ3v) is 11.4. The summed E-state index contributed by atoms with van der Waals surface area (Å²) in [4.78, 5) is 0. The van der Waals surface area contributed by atoms with Gasteiger partial charge >= 0.3 is 0 Å². The van der Waals surface area contributed by atoms with Gasteiger partial charge in [-0.15, -0.1) is 0 Å². The predicted molar refractivity (Wildman–Crippen MR) is 220 cm³/mol. The van der Waals surface area contributed by atoms with Gasteiger partial charge in [0, 0.05) is 0 Å². The van der Waals surface area contributed by atoms with E-state index >= 15 is 0 Å². The maximum absolute atomic E-state index is 2.50. The molecule has 242 valence electrons. The zero-order chi connectivity index (χ0) is 34.2. The Bertz CT molecular complexity index is 2650. The molecular weight excluding hydrogens is 625 g/mol. The summed E-state index contributed by atoms with van der Waals surface area (Å²) in [5.41, 5.74) is 21.5. The molecule has 0 heteroatoms. The van der Waals surface area contributed by atoms with Crippen LogP contribution in [0.1, 0.15) is 22.3 Å². The molecule has 0 atom stereocenters. The lowest BCUT2D eigenvalue weighted by Gasteiger charge is -2.22. The second-order valence-electron chi connectivity index (χ2n) is 14.3. The highest BCUT2D eigenvalue weighted by atomic mass is 14.3. The van der Waals surface area contributed by atoms with E-state index in [0.29, 0.717) is 0 Å². The average Bonchev–Trinajstić information content (AvgIpc) is 3.78. The summed E-state index contributed by atoms with van der Waals surface area (Å²) in [6.07, 6.45) is 1.87. The summed E-state index contributed by atoms with van der Waals surface area (Å²) >= 11 is 0. The SMILES string of the molecule is c1ccc(-c2cccc3c2-c2c(cc4ccc5cc6c(c(-c7ccccc7)c5c4c2-c2ccccc2)-c2c(cccc2-c2ccccc2)C6)C3)cc1. The molecule has 0 spiro atoms. The van der Waals surface area contributed by atoms with Crippen molar-refractivity contribution in [1.29, 1.82) is 0 Å². The molecule has 9 aromatic rings. The van der Waals surface area contributed by atoms with Crippen molar-refractivity contribution in [1.82, 2.24) is 0 Å². The zero-order valence-electron chi connectivity index (χ0n) is 28.7. The number of benzene rings is 9. The van der Waals surface area contributed by atoms with Gasteiger partial charge in [-0.25, -0.2) is 0 Å². The van der Waals surface area contributed by atoms with Crippen LogP contribution in [0.3, 0.4) is 0 Å². The van der Waals surface area contributed by atoms with E-state index in [0.717, 1.165) is 12.8 Å². The Balaban J connectivity index is 1.34. The highest BCUT2D eigenvalue weighted by molar-refractivity contribution is 6.25. The molecule has 0 nitrogen and oxygen atoms in total. The van der Waals surface area contributed by atoms with Crippen LogP contribution >= 0.6 is 0 Å². The van der Waals surface area contributed by atoms with Crippen LogP contribution < -0.4 is 0 Å². The van der Waals surface area contributed by atoms with Crippen LogP contribution in [0.5, 0.6) is 0 Å². The van der Waals surface area contributed by atoms with E-state index in [4.69, 9.17) is 0 Å². The van der Waals surface area contributed by atoms with Crippen LogP contribution in [0.4, 0.5) is 0 Å². The van der Waals surface area contributed by atoms with Crippen LogP contribution in [-0.4, -0.2) is 0 Å². The number of hydrogen-bond donors (Lipinski definition) is 0. The molecule has 0 heterocycles. The van der Waals surface area contributed by atoms with Crippen LogP contribution in [0.15, 0.2) is 182 Å². The molecule has 52 heavy (non-hydrogen) atoms. The summed E-state index contributed by atoms with van der Waals surface area (Å²) in [7, 11) is 0. The molecule has 11 rings (SSSR count).